The maximum Gasteiger partial charge on any atom is 0.244 e. The van der Waals surface area contributed by atoms with Crippen LogP contribution in [0.5, 0.6) is 0 Å². The number of carbonyl (C=O) groups is 2. The first kappa shape index (κ1) is 16.7. The molecule has 0 saturated carbocycles. The molecule has 1 aromatic carbocycles. The Hall–Kier alpha value is -1.15. The van der Waals surface area contributed by atoms with E-state index in [2.05, 4.69) is 5.32 Å². The lowest BCUT2D eigenvalue weighted by atomic mass is 9.97. The van der Waals surface area contributed by atoms with Gasteiger partial charge in [-0.1, -0.05) is 23.2 Å². The molecular formula is C14H14Cl2N2O4S. The number of halogens is 2. The van der Waals surface area contributed by atoms with Gasteiger partial charge in [-0.25, -0.2) is 8.42 Å². The second-order valence-electron chi connectivity index (χ2n) is 5.59. The van der Waals surface area contributed by atoms with Gasteiger partial charge in [-0.15, -0.1) is 0 Å². The Morgan fingerprint density at radius 3 is 2.30 bits per heavy atom. The Morgan fingerprint density at radius 2 is 1.65 bits per heavy atom. The number of rotatable bonds is 2. The fourth-order valence-corrected chi connectivity index (χ4v) is 5.61. The average molecular weight is 377 g/mol. The monoisotopic (exact) mass is 376 g/mol. The normalized spacial score (nSPS) is 25.8. The first-order valence-corrected chi connectivity index (χ1v) is 9.30. The molecule has 0 radical (unpaired) electrons. The second-order valence-corrected chi connectivity index (χ2v) is 8.30. The summed E-state index contributed by atoms with van der Waals surface area (Å²) in [5.41, 5.74) is 0. The summed E-state index contributed by atoms with van der Waals surface area (Å²) in [6, 6.07) is 2.24. The summed E-state index contributed by atoms with van der Waals surface area (Å²) in [6.45, 7) is -0.150. The Labute approximate surface area is 143 Å². The van der Waals surface area contributed by atoms with Crippen molar-refractivity contribution in [1.29, 1.82) is 0 Å². The molecule has 2 bridgehead atoms. The fraction of sp³-hybridized carbons (Fsp3) is 0.429. The Balaban J connectivity index is 2.13. The highest BCUT2D eigenvalue weighted by atomic mass is 35.5. The van der Waals surface area contributed by atoms with E-state index >= 15 is 0 Å². The van der Waals surface area contributed by atoms with Gasteiger partial charge in [-0.05, 0) is 37.5 Å². The number of sulfonamides is 1. The van der Waals surface area contributed by atoms with E-state index in [9.17, 15) is 18.0 Å². The molecule has 23 heavy (non-hydrogen) atoms. The smallest absolute Gasteiger partial charge is 0.244 e. The number of hydrogen-bond acceptors (Lipinski definition) is 4. The van der Waals surface area contributed by atoms with Crippen LogP contribution in [0, 0.1) is 0 Å². The zero-order valence-corrected chi connectivity index (χ0v) is 14.3. The lowest BCUT2D eigenvalue weighted by Gasteiger charge is -2.36. The summed E-state index contributed by atoms with van der Waals surface area (Å²) in [5, 5.41) is 2.84. The zero-order valence-electron chi connectivity index (χ0n) is 12.0. The van der Waals surface area contributed by atoms with Gasteiger partial charge in [0.1, 0.15) is 6.04 Å². The van der Waals surface area contributed by atoms with Crippen molar-refractivity contribution >= 4 is 44.9 Å². The van der Waals surface area contributed by atoms with Crippen LogP contribution in [0.3, 0.4) is 0 Å². The molecule has 2 atom stereocenters. The molecule has 0 spiro atoms. The van der Waals surface area contributed by atoms with E-state index in [1.165, 1.54) is 18.2 Å². The summed E-state index contributed by atoms with van der Waals surface area (Å²) in [7, 11) is -4.07. The lowest BCUT2D eigenvalue weighted by molar-refractivity contribution is -0.125. The maximum atomic E-state index is 13.0. The molecule has 6 nitrogen and oxygen atoms in total. The number of benzene rings is 1. The molecule has 2 aliphatic rings. The van der Waals surface area contributed by atoms with Crippen molar-refractivity contribution in [3.05, 3.63) is 28.2 Å². The van der Waals surface area contributed by atoms with Crippen LogP contribution < -0.4 is 5.32 Å². The summed E-state index contributed by atoms with van der Waals surface area (Å²) >= 11 is 11.8. The maximum absolute atomic E-state index is 13.0. The van der Waals surface area contributed by atoms with Crippen LogP contribution in [-0.2, 0) is 19.6 Å². The highest BCUT2D eigenvalue weighted by Crippen LogP contribution is 2.33. The Kier molecular flexibility index (Phi) is 4.39. The van der Waals surface area contributed by atoms with Crippen molar-refractivity contribution in [2.45, 2.75) is 36.2 Å². The molecule has 1 N–H and O–H groups in total. The molecule has 124 valence electrons. The molecule has 2 fully saturated rings. The summed E-state index contributed by atoms with van der Waals surface area (Å²) in [4.78, 5) is 24.3. The SMILES string of the molecule is O=C1CNC(=O)[C@@H]2CCC[C@H]1N2S(=O)(=O)c1cc(Cl)cc(Cl)c1. The number of carbonyl (C=O) groups excluding carboxylic acids is 2. The largest absolute Gasteiger partial charge is 0.348 e. The van der Waals surface area contributed by atoms with E-state index in [1.807, 2.05) is 0 Å². The van der Waals surface area contributed by atoms with Crippen LogP contribution >= 0.6 is 23.2 Å². The standard InChI is InChI=1S/C14H14Cl2N2O4S/c15-8-4-9(16)6-10(5-8)23(21,22)18-11-2-1-3-12(18)14(20)17-7-13(11)19/h4-6,11-12H,1-3,7H2,(H,17,20)/t11-,12+/m1/s1. The van der Waals surface area contributed by atoms with Crippen LogP contribution in [0.4, 0.5) is 0 Å². The molecular weight excluding hydrogens is 363 g/mol. The lowest BCUT2D eigenvalue weighted by Crippen LogP contribution is -2.54. The van der Waals surface area contributed by atoms with E-state index in [4.69, 9.17) is 23.2 Å². The first-order valence-electron chi connectivity index (χ1n) is 7.11. The number of fused-ring (bicyclic) bond motifs is 2. The predicted molar refractivity (Wildman–Crippen MR) is 84.9 cm³/mol. The number of Topliss-reactive ketones (excluding diaryl/α,β-unsaturated/α-hetero) is 1. The molecule has 9 heteroatoms. The van der Waals surface area contributed by atoms with Gasteiger partial charge in [0, 0.05) is 10.0 Å². The quantitative estimate of drug-likeness (QED) is 0.849. The van der Waals surface area contributed by atoms with Gasteiger partial charge >= 0.3 is 0 Å². The van der Waals surface area contributed by atoms with Gasteiger partial charge in [0.25, 0.3) is 0 Å². The molecule has 1 aromatic rings. The number of ketones is 1. The van der Waals surface area contributed by atoms with Crippen molar-refractivity contribution in [3.8, 4) is 0 Å². The van der Waals surface area contributed by atoms with Gasteiger partial charge < -0.3 is 5.32 Å². The topological polar surface area (TPSA) is 83.6 Å². The third-order valence-corrected chi connectivity index (χ3v) is 6.42. The van der Waals surface area contributed by atoms with Gasteiger partial charge in [0.2, 0.25) is 15.9 Å². The Bertz CT molecular complexity index is 737. The molecule has 0 unspecified atom stereocenters. The van der Waals surface area contributed by atoms with Crippen molar-refractivity contribution in [3.63, 3.8) is 0 Å². The third kappa shape index (κ3) is 2.98. The molecule has 2 heterocycles. The van der Waals surface area contributed by atoms with Crippen molar-refractivity contribution in [1.82, 2.24) is 9.62 Å². The predicted octanol–water partition coefficient (Wildman–Crippen LogP) is 1.60. The van der Waals surface area contributed by atoms with Crippen LogP contribution in [0.15, 0.2) is 23.1 Å². The molecule has 2 saturated heterocycles. The van der Waals surface area contributed by atoms with Gasteiger partial charge in [-0.2, -0.15) is 4.31 Å². The van der Waals surface area contributed by atoms with Crippen molar-refractivity contribution in [2.75, 3.05) is 6.54 Å². The summed E-state index contributed by atoms with van der Waals surface area (Å²) < 4.78 is 27.1. The number of hydrogen-bond donors (Lipinski definition) is 1. The van der Waals surface area contributed by atoms with E-state index in [1.54, 1.807) is 0 Å². The number of piperidine rings is 1. The van der Waals surface area contributed by atoms with E-state index in [0.29, 0.717) is 19.3 Å². The highest BCUT2D eigenvalue weighted by molar-refractivity contribution is 7.89. The minimum Gasteiger partial charge on any atom is -0.348 e. The molecule has 2 aliphatic heterocycles. The average Bonchev–Trinajstić information content (AvgIpc) is 2.56. The molecule has 0 aromatic heterocycles. The number of nitrogens with zero attached hydrogens (tertiary/aromatic N) is 1. The summed E-state index contributed by atoms with van der Waals surface area (Å²) in [5.74, 6) is -0.755. The van der Waals surface area contributed by atoms with Gasteiger partial charge in [-0.3, -0.25) is 9.59 Å². The number of amides is 1. The van der Waals surface area contributed by atoms with Gasteiger partial charge in [0.15, 0.2) is 5.78 Å². The van der Waals surface area contributed by atoms with E-state index in [0.717, 1.165) is 4.31 Å². The number of nitrogens with one attached hydrogen (secondary N) is 1. The van der Waals surface area contributed by atoms with Crippen LogP contribution in [0.2, 0.25) is 10.0 Å². The minimum absolute atomic E-state index is 0.116. The molecule has 0 aliphatic carbocycles. The second kappa shape index (κ2) is 6.05. The van der Waals surface area contributed by atoms with Gasteiger partial charge in [0.05, 0.1) is 17.5 Å². The van der Waals surface area contributed by atoms with E-state index < -0.39 is 28.0 Å². The highest BCUT2D eigenvalue weighted by Gasteiger charge is 2.47. The fourth-order valence-electron chi connectivity index (χ4n) is 3.07. The van der Waals surface area contributed by atoms with Crippen LogP contribution in [0.1, 0.15) is 19.3 Å². The van der Waals surface area contributed by atoms with Crippen molar-refractivity contribution < 1.29 is 18.0 Å². The summed E-state index contributed by atoms with van der Waals surface area (Å²) in [6.07, 6.45) is 1.40. The Morgan fingerprint density at radius 1 is 1.04 bits per heavy atom. The molecule has 1 amide bonds. The first-order chi connectivity index (χ1) is 10.8. The van der Waals surface area contributed by atoms with Crippen LogP contribution in [-0.4, -0.2) is 43.0 Å². The van der Waals surface area contributed by atoms with Crippen molar-refractivity contribution in [2.24, 2.45) is 0 Å². The third-order valence-electron chi connectivity index (χ3n) is 4.09. The van der Waals surface area contributed by atoms with Crippen LogP contribution in [0.25, 0.3) is 0 Å². The minimum atomic E-state index is -4.07. The van der Waals surface area contributed by atoms with E-state index in [-0.39, 0.29) is 27.3 Å². The molecule has 3 rings (SSSR count). The zero-order chi connectivity index (χ0) is 16.8.